The van der Waals surface area contributed by atoms with E-state index >= 15 is 0 Å². The van der Waals surface area contributed by atoms with E-state index in [9.17, 15) is 9.59 Å². The number of hydrogen-bond acceptors (Lipinski definition) is 2. The summed E-state index contributed by atoms with van der Waals surface area (Å²) in [4.78, 5) is 26.4. The normalized spacial score (nSPS) is 29.6. The van der Waals surface area contributed by atoms with Crippen LogP contribution in [-0.2, 0) is 9.59 Å². The van der Waals surface area contributed by atoms with E-state index in [1.54, 1.807) is 0 Å². The van der Waals surface area contributed by atoms with Gasteiger partial charge in [0.05, 0.1) is 0 Å². The maximum Gasteiger partial charge on any atom is 0.246 e. The quantitative estimate of drug-likeness (QED) is 0.826. The molecule has 0 radical (unpaired) electrons. The third-order valence-corrected chi connectivity index (χ3v) is 4.60. The minimum Gasteiger partial charge on any atom is -0.342 e. The minimum absolute atomic E-state index is 0.00871. The molecular formula is C15H26N2O2. The highest BCUT2D eigenvalue weighted by Crippen LogP contribution is 2.50. The lowest BCUT2D eigenvalue weighted by Crippen LogP contribution is -2.64. The average molecular weight is 266 g/mol. The molecule has 4 nitrogen and oxygen atoms in total. The van der Waals surface area contributed by atoms with Crippen molar-refractivity contribution in [2.45, 2.75) is 65.5 Å². The van der Waals surface area contributed by atoms with Gasteiger partial charge < -0.3 is 10.2 Å². The van der Waals surface area contributed by atoms with Crippen molar-refractivity contribution in [1.29, 1.82) is 0 Å². The first-order chi connectivity index (χ1) is 8.90. The van der Waals surface area contributed by atoms with E-state index in [1.807, 2.05) is 25.7 Å². The molecule has 108 valence electrons. The molecule has 0 bridgehead atoms. The van der Waals surface area contributed by atoms with Crippen LogP contribution in [0.3, 0.4) is 0 Å². The van der Waals surface area contributed by atoms with Crippen molar-refractivity contribution >= 4 is 11.8 Å². The molecule has 1 aliphatic carbocycles. The predicted octanol–water partition coefficient (Wildman–Crippen LogP) is 1.94. The number of rotatable bonds is 5. The van der Waals surface area contributed by atoms with Crippen molar-refractivity contribution in [3.63, 3.8) is 0 Å². The molecule has 1 saturated carbocycles. The summed E-state index contributed by atoms with van der Waals surface area (Å²) in [7, 11) is 0. The number of carbonyl (C=O) groups is 2. The van der Waals surface area contributed by atoms with E-state index in [2.05, 4.69) is 12.2 Å². The number of piperazine rings is 1. The van der Waals surface area contributed by atoms with Gasteiger partial charge in [-0.25, -0.2) is 0 Å². The number of amides is 2. The number of carbonyl (C=O) groups excluding carboxylic acids is 2. The molecule has 0 aromatic carbocycles. The van der Waals surface area contributed by atoms with Gasteiger partial charge in [0.1, 0.15) is 12.1 Å². The summed E-state index contributed by atoms with van der Waals surface area (Å²) < 4.78 is 0. The molecule has 1 saturated heterocycles. The zero-order chi connectivity index (χ0) is 14.2. The van der Waals surface area contributed by atoms with Gasteiger partial charge in [-0.2, -0.15) is 0 Å². The van der Waals surface area contributed by atoms with Gasteiger partial charge in [-0.05, 0) is 37.5 Å². The molecule has 0 aromatic rings. The molecule has 2 fully saturated rings. The Balaban J connectivity index is 2.12. The summed E-state index contributed by atoms with van der Waals surface area (Å²) in [6.07, 6.45) is 4.71. The highest BCUT2D eigenvalue weighted by molar-refractivity contribution is 5.96. The maximum atomic E-state index is 12.5. The lowest BCUT2D eigenvalue weighted by atomic mass is 9.94. The first kappa shape index (κ1) is 14.4. The number of nitrogens with zero attached hydrogens (tertiary/aromatic N) is 1. The van der Waals surface area contributed by atoms with Gasteiger partial charge >= 0.3 is 0 Å². The summed E-state index contributed by atoms with van der Waals surface area (Å²) in [5.41, 5.74) is 0.303. The molecule has 1 heterocycles. The van der Waals surface area contributed by atoms with Crippen LogP contribution in [0.25, 0.3) is 0 Å². The molecule has 2 aliphatic rings. The first-order valence-electron chi connectivity index (χ1n) is 7.51. The van der Waals surface area contributed by atoms with E-state index < -0.39 is 0 Å². The van der Waals surface area contributed by atoms with Crippen LogP contribution in [0, 0.1) is 11.3 Å². The van der Waals surface area contributed by atoms with E-state index in [-0.39, 0.29) is 29.8 Å². The Kier molecular flexibility index (Phi) is 3.88. The van der Waals surface area contributed by atoms with E-state index in [4.69, 9.17) is 0 Å². The molecule has 2 amide bonds. The van der Waals surface area contributed by atoms with Crippen molar-refractivity contribution in [3.8, 4) is 0 Å². The molecule has 0 aromatic heterocycles. The standard InChI is InChI=1S/C15H26N2O2/c1-5-6-15(7-8-15)9-17-11(4)13(18)16-12(10(2)3)14(17)19/h10-12H,5-9H2,1-4H3,(H,16,18). The van der Waals surface area contributed by atoms with Gasteiger partial charge in [0, 0.05) is 6.54 Å². The zero-order valence-electron chi connectivity index (χ0n) is 12.5. The van der Waals surface area contributed by atoms with Gasteiger partial charge in [0.25, 0.3) is 0 Å². The van der Waals surface area contributed by atoms with E-state index in [0.29, 0.717) is 5.41 Å². The van der Waals surface area contributed by atoms with Gasteiger partial charge in [-0.3, -0.25) is 9.59 Å². The van der Waals surface area contributed by atoms with Crippen molar-refractivity contribution in [2.24, 2.45) is 11.3 Å². The Morgan fingerprint density at radius 1 is 1.37 bits per heavy atom. The summed E-state index contributed by atoms with van der Waals surface area (Å²) in [5.74, 6) is 0.239. The minimum atomic E-state index is -0.346. The SMILES string of the molecule is CCCC1(CN2C(=O)C(C(C)C)NC(=O)C2C)CC1. The van der Waals surface area contributed by atoms with Gasteiger partial charge in [-0.1, -0.05) is 27.2 Å². The largest absolute Gasteiger partial charge is 0.342 e. The van der Waals surface area contributed by atoms with Crippen LogP contribution in [0.4, 0.5) is 0 Å². The Hall–Kier alpha value is -1.06. The van der Waals surface area contributed by atoms with Gasteiger partial charge in [0.15, 0.2) is 0 Å². The summed E-state index contributed by atoms with van der Waals surface area (Å²) in [6.45, 7) is 8.75. The van der Waals surface area contributed by atoms with Crippen LogP contribution >= 0.6 is 0 Å². The number of hydrogen-bond donors (Lipinski definition) is 1. The fraction of sp³-hybridized carbons (Fsp3) is 0.867. The number of nitrogens with one attached hydrogen (secondary N) is 1. The van der Waals surface area contributed by atoms with Crippen molar-refractivity contribution in [2.75, 3.05) is 6.54 Å². The molecule has 2 atom stereocenters. The summed E-state index contributed by atoms with van der Waals surface area (Å²) in [5, 5.41) is 2.85. The van der Waals surface area contributed by atoms with Crippen LogP contribution in [0.1, 0.15) is 53.4 Å². The third kappa shape index (κ3) is 2.77. The topological polar surface area (TPSA) is 49.4 Å². The van der Waals surface area contributed by atoms with Crippen LogP contribution in [0.2, 0.25) is 0 Å². The predicted molar refractivity (Wildman–Crippen MR) is 74.5 cm³/mol. The van der Waals surface area contributed by atoms with Gasteiger partial charge in [0.2, 0.25) is 11.8 Å². The maximum absolute atomic E-state index is 12.5. The monoisotopic (exact) mass is 266 g/mol. The fourth-order valence-corrected chi connectivity index (χ4v) is 3.07. The lowest BCUT2D eigenvalue weighted by Gasteiger charge is -2.40. The molecule has 4 heteroatoms. The highest BCUT2D eigenvalue weighted by Gasteiger charge is 2.48. The molecule has 2 rings (SSSR count). The van der Waals surface area contributed by atoms with Crippen LogP contribution in [0.15, 0.2) is 0 Å². The second-order valence-corrected chi connectivity index (χ2v) is 6.62. The summed E-state index contributed by atoms with van der Waals surface area (Å²) >= 11 is 0. The second-order valence-electron chi connectivity index (χ2n) is 6.62. The van der Waals surface area contributed by atoms with Gasteiger partial charge in [-0.15, -0.1) is 0 Å². The van der Waals surface area contributed by atoms with Crippen molar-refractivity contribution in [3.05, 3.63) is 0 Å². The molecule has 19 heavy (non-hydrogen) atoms. The highest BCUT2D eigenvalue weighted by atomic mass is 16.2. The zero-order valence-corrected chi connectivity index (χ0v) is 12.5. The van der Waals surface area contributed by atoms with E-state index in [0.717, 1.165) is 19.4 Å². The molecule has 1 N–H and O–H groups in total. The van der Waals surface area contributed by atoms with Crippen LogP contribution in [-0.4, -0.2) is 35.3 Å². The Morgan fingerprint density at radius 2 is 2.00 bits per heavy atom. The first-order valence-corrected chi connectivity index (χ1v) is 7.51. The van der Waals surface area contributed by atoms with Crippen LogP contribution < -0.4 is 5.32 Å². The third-order valence-electron chi connectivity index (χ3n) is 4.60. The van der Waals surface area contributed by atoms with E-state index in [1.165, 1.54) is 12.8 Å². The fourth-order valence-electron chi connectivity index (χ4n) is 3.07. The molecule has 1 aliphatic heterocycles. The Labute approximate surface area is 115 Å². The Bertz CT molecular complexity index is 374. The molecular weight excluding hydrogens is 240 g/mol. The lowest BCUT2D eigenvalue weighted by molar-refractivity contribution is -0.150. The van der Waals surface area contributed by atoms with Crippen LogP contribution in [0.5, 0.6) is 0 Å². The van der Waals surface area contributed by atoms with Crippen molar-refractivity contribution in [1.82, 2.24) is 10.2 Å². The molecule has 0 spiro atoms. The average Bonchev–Trinajstić information content (AvgIpc) is 3.09. The summed E-state index contributed by atoms with van der Waals surface area (Å²) in [6, 6.07) is -0.669. The Morgan fingerprint density at radius 3 is 2.47 bits per heavy atom. The molecule has 2 unspecified atom stereocenters. The van der Waals surface area contributed by atoms with Crippen molar-refractivity contribution < 1.29 is 9.59 Å². The smallest absolute Gasteiger partial charge is 0.246 e. The second kappa shape index (κ2) is 5.14.